The van der Waals surface area contributed by atoms with Gasteiger partial charge in [0.25, 0.3) is 5.56 Å². The van der Waals surface area contributed by atoms with Crippen LogP contribution in [-0.2, 0) is 11.8 Å². The van der Waals surface area contributed by atoms with Crippen LogP contribution in [0, 0.1) is 5.92 Å². The first-order chi connectivity index (χ1) is 10.4. The van der Waals surface area contributed by atoms with Crippen LogP contribution in [0.15, 0.2) is 17.2 Å². The zero-order valence-corrected chi connectivity index (χ0v) is 12.4. The van der Waals surface area contributed by atoms with Crippen molar-refractivity contribution in [3.63, 3.8) is 0 Å². The minimum Gasteiger partial charge on any atom is -0.368 e. The number of ether oxygens (including phenoxy) is 1. The molecule has 1 aromatic heterocycles. The quantitative estimate of drug-likeness (QED) is 0.905. The largest absolute Gasteiger partial charge is 0.411 e. The minimum absolute atomic E-state index is 0.0530. The Balaban J connectivity index is 1.94. The molecule has 0 bridgehead atoms. The summed E-state index contributed by atoms with van der Waals surface area (Å²) in [4.78, 5) is 15.8. The molecular weight excluding hydrogens is 299 g/mol. The Hall–Kier alpha value is -1.57. The van der Waals surface area contributed by atoms with Gasteiger partial charge in [-0.3, -0.25) is 4.79 Å². The first-order valence-corrected chi connectivity index (χ1v) is 7.30. The average Bonchev–Trinajstić information content (AvgIpc) is 2.47. The van der Waals surface area contributed by atoms with Crippen molar-refractivity contribution in [2.45, 2.75) is 38.0 Å². The molecule has 22 heavy (non-hydrogen) atoms. The predicted molar refractivity (Wildman–Crippen MR) is 75.7 cm³/mol. The van der Waals surface area contributed by atoms with Gasteiger partial charge in [0.1, 0.15) is 6.61 Å². The SMILES string of the molecule is Cn1ccnc(NCC2CCCCC2OCC(F)(F)F)c1=O. The number of anilines is 1. The van der Waals surface area contributed by atoms with Crippen molar-refractivity contribution in [3.8, 4) is 0 Å². The molecule has 1 heterocycles. The van der Waals surface area contributed by atoms with Gasteiger partial charge in [-0.2, -0.15) is 13.2 Å². The molecule has 0 amide bonds. The molecule has 0 aromatic carbocycles. The number of hydrogen-bond donors (Lipinski definition) is 1. The van der Waals surface area contributed by atoms with Gasteiger partial charge in [-0.25, -0.2) is 4.98 Å². The summed E-state index contributed by atoms with van der Waals surface area (Å²) in [6.45, 7) is -0.839. The number of rotatable bonds is 5. The molecule has 2 rings (SSSR count). The van der Waals surface area contributed by atoms with E-state index in [2.05, 4.69) is 10.3 Å². The number of hydrogen-bond acceptors (Lipinski definition) is 4. The normalized spacial score (nSPS) is 22.5. The zero-order valence-electron chi connectivity index (χ0n) is 12.4. The average molecular weight is 319 g/mol. The molecule has 1 aliphatic carbocycles. The Morgan fingerprint density at radius 1 is 1.41 bits per heavy atom. The van der Waals surface area contributed by atoms with Crippen LogP contribution >= 0.6 is 0 Å². The van der Waals surface area contributed by atoms with E-state index in [0.29, 0.717) is 13.0 Å². The van der Waals surface area contributed by atoms with Gasteiger partial charge in [0, 0.05) is 31.9 Å². The second kappa shape index (κ2) is 7.13. The van der Waals surface area contributed by atoms with E-state index in [4.69, 9.17) is 4.74 Å². The van der Waals surface area contributed by atoms with Crippen LogP contribution in [-0.4, -0.2) is 35.0 Å². The van der Waals surface area contributed by atoms with Crippen molar-refractivity contribution in [3.05, 3.63) is 22.7 Å². The van der Waals surface area contributed by atoms with Gasteiger partial charge >= 0.3 is 6.18 Å². The standard InChI is InChI=1S/C14H20F3N3O2/c1-20-7-6-18-12(13(20)21)19-8-10-4-2-3-5-11(10)22-9-14(15,16)17/h6-7,10-11H,2-5,8-9H2,1H3,(H,18,19). The van der Waals surface area contributed by atoms with Gasteiger partial charge < -0.3 is 14.6 Å². The summed E-state index contributed by atoms with van der Waals surface area (Å²) in [5, 5.41) is 2.94. The third kappa shape index (κ3) is 4.72. The van der Waals surface area contributed by atoms with Crippen LogP contribution in [0.2, 0.25) is 0 Å². The van der Waals surface area contributed by atoms with Crippen molar-refractivity contribution in [2.75, 3.05) is 18.5 Å². The summed E-state index contributed by atoms with van der Waals surface area (Å²) < 4.78 is 43.3. The van der Waals surface area contributed by atoms with E-state index in [0.717, 1.165) is 19.3 Å². The topological polar surface area (TPSA) is 56.1 Å². The molecule has 1 aliphatic rings. The van der Waals surface area contributed by atoms with E-state index in [-0.39, 0.29) is 17.3 Å². The highest BCUT2D eigenvalue weighted by atomic mass is 19.4. The van der Waals surface area contributed by atoms with Crippen LogP contribution in [0.3, 0.4) is 0 Å². The number of aryl methyl sites for hydroxylation is 1. The Morgan fingerprint density at radius 3 is 2.86 bits per heavy atom. The maximum atomic E-state index is 12.3. The number of nitrogens with one attached hydrogen (secondary N) is 1. The molecule has 1 aromatic rings. The first-order valence-electron chi connectivity index (χ1n) is 7.30. The van der Waals surface area contributed by atoms with E-state index in [1.54, 1.807) is 13.2 Å². The summed E-state index contributed by atoms with van der Waals surface area (Å²) in [5.74, 6) is 0.160. The highest BCUT2D eigenvalue weighted by Crippen LogP contribution is 2.28. The van der Waals surface area contributed by atoms with E-state index < -0.39 is 18.9 Å². The Bertz CT molecular complexity index is 545. The number of halogens is 3. The van der Waals surface area contributed by atoms with E-state index in [1.807, 2.05) is 0 Å². The summed E-state index contributed by atoms with van der Waals surface area (Å²) >= 11 is 0. The van der Waals surface area contributed by atoms with Crippen molar-refractivity contribution in [2.24, 2.45) is 13.0 Å². The molecule has 5 nitrogen and oxygen atoms in total. The molecule has 124 valence electrons. The van der Waals surface area contributed by atoms with Crippen LogP contribution in [0.4, 0.5) is 19.0 Å². The number of aromatic nitrogens is 2. The van der Waals surface area contributed by atoms with Crippen molar-refractivity contribution in [1.82, 2.24) is 9.55 Å². The summed E-state index contributed by atoms with van der Waals surface area (Å²) in [7, 11) is 1.62. The Kier molecular flexibility index (Phi) is 5.44. The van der Waals surface area contributed by atoms with E-state index in [9.17, 15) is 18.0 Å². The summed E-state index contributed by atoms with van der Waals surface area (Å²) in [5.41, 5.74) is -0.258. The second-order valence-electron chi connectivity index (χ2n) is 5.58. The van der Waals surface area contributed by atoms with Gasteiger partial charge in [0.2, 0.25) is 0 Å². The lowest BCUT2D eigenvalue weighted by molar-refractivity contribution is -0.192. The number of alkyl halides is 3. The smallest absolute Gasteiger partial charge is 0.368 e. The molecule has 2 atom stereocenters. The van der Waals surface area contributed by atoms with Gasteiger partial charge in [-0.1, -0.05) is 12.8 Å². The third-order valence-corrected chi connectivity index (χ3v) is 3.85. The lowest BCUT2D eigenvalue weighted by Crippen LogP contribution is -2.36. The van der Waals surface area contributed by atoms with Crippen molar-refractivity contribution >= 4 is 5.82 Å². The Morgan fingerprint density at radius 2 is 2.14 bits per heavy atom. The van der Waals surface area contributed by atoms with Crippen LogP contribution in [0.1, 0.15) is 25.7 Å². The van der Waals surface area contributed by atoms with Gasteiger partial charge in [-0.05, 0) is 12.8 Å². The van der Waals surface area contributed by atoms with Crippen LogP contribution in [0.25, 0.3) is 0 Å². The molecule has 1 N–H and O–H groups in total. The Labute approximate surface area is 126 Å². The molecule has 8 heteroatoms. The molecule has 0 spiro atoms. The van der Waals surface area contributed by atoms with Gasteiger partial charge in [0.05, 0.1) is 6.10 Å². The molecule has 0 saturated heterocycles. The predicted octanol–water partition coefficient (Wildman–Crippen LogP) is 2.33. The molecule has 0 radical (unpaired) electrons. The molecular formula is C14H20F3N3O2. The van der Waals surface area contributed by atoms with Crippen LogP contribution < -0.4 is 10.9 Å². The van der Waals surface area contributed by atoms with E-state index >= 15 is 0 Å². The molecule has 1 saturated carbocycles. The van der Waals surface area contributed by atoms with Gasteiger partial charge in [0.15, 0.2) is 5.82 Å². The van der Waals surface area contributed by atoms with E-state index in [1.165, 1.54) is 10.8 Å². The summed E-state index contributed by atoms with van der Waals surface area (Å²) in [6.07, 6.45) is 1.52. The fourth-order valence-corrected chi connectivity index (χ4v) is 2.67. The maximum Gasteiger partial charge on any atom is 0.411 e. The zero-order chi connectivity index (χ0) is 16.2. The lowest BCUT2D eigenvalue weighted by atomic mass is 9.86. The number of nitrogens with zero attached hydrogens (tertiary/aromatic N) is 2. The molecule has 1 fully saturated rings. The third-order valence-electron chi connectivity index (χ3n) is 3.85. The highest BCUT2D eigenvalue weighted by molar-refractivity contribution is 5.30. The van der Waals surface area contributed by atoms with Gasteiger partial charge in [-0.15, -0.1) is 0 Å². The summed E-state index contributed by atoms with van der Waals surface area (Å²) in [6, 6.07) is 0. The highest BCUT2D eigenvalue weighted by Gasteiger charge is 2.33. The second-order valence-corrected chi connectivity index (χ2v) is 5.58. The first kappa shape index (κ1) is 16.8. The molecule has 2 unspecified atom stereocenters. The molecule has 0 aliphatic heterocycles. The monoisotopic (exact) mass is 319 g/mol. The van der Waals surface area contributed by atoms with Crippen molar-refractivity contribution < 1.29 is 17.9 Å². The fraction of sp³-hybridized carbons (Fsp3) is 0.714. The van der Waals surface area contributed by atoms with Crippen molar-refractivity contribution in [1.29, 1.82) is 0 Å². The minimum atomic E-state index is -4.31. The fourth-order valence-electron chi connectivity index (χ4n) is 2.67. The maximum absolute atomic E-state index is 12.3. The lowest BCUT2D eigenvalue weighted by Gasteiger charge is -2.32. The van der Waals surface area contributed by atoms with Crippen LogP contribution in [0.5, 0.6) is 0 Å².